The lowest BCUT2D eigenvalue weighted by molar-refractivity contribution is -0.205. The first-order valence-electron chi connectivity index (χ1n) is 5.92. The van der Waals surface area contributed by atoms with Gasteiger partial charge >= 0.3 is 5.97 Å². The van der Waals surface area contributed by atoms with Crippen LogP contribution in [0.2, 0.25) is 0 Å². The summed E-state index contributed by atoms with van der Waals surface area (Å²) in [7, 11) is 3.73. The lowest BCUT2D eigenvalue weighted by atomic mass is 10.4. The van der Waals surface area contributed by atoms with Crippen molar-refractivity contribution in [1.29, 1.82) is 5.26 Å². The van der Waals surface area contributed by atoms with Gasteiger partial charge in [-0.2, -0.15) is 10.3 Å². The first-order valence-corrected chi connectivity index (χ1v) is 5.92. The van der Waals surface area contributed by atoms with Crippen molar-refractivity contribution in [2.75, 3.05) is 40.5 Å². The first-order chi connectivity index (χ1) is 9.10. The van der Waals surface area contributed by atoms with Crippen molar-refractivity contribution >= 4 is 11.7 Å². The number of hydrazine groups is 1. The molecule has 0 aromatic carbocycles. The number of morpholine rings is 1. The minimum absolute atomic E-state index is 0.176. The highest BCUT2D eigenvalue weighted by molar-refractivity contribution is 6.42. The van der Waals surface area contributed by atoms with Gasteiger partial charge in [-0.25, -0.2) is 9.80 Å². The number of esters is 1. The van der Waals surface area contributed by atoms with Gasteiger partial charge in [0.15, 0.2) is 0 Å². The number of carbonyl (C=O) groups is 1. The molecule has 0 aromatic rings. The Morgan fingerprint density at radius 3 is 2.95 bits per heavy atom. The van der Waals surface area contributed by atoms with Gasteiger partial charge in [0, 0.05) is 20.6 Å². The minimum Gasteiger partial charge on any atom is -0.461 e. The number of ether oxygens (including phenoxy) is 2. The van der Waals surface area contributed by atoms with Crippen molar-refractivity contribution in [2.24, 2.45) is 5.16 Å². The van der Waals surface area contributed by atoms with Crippen LogP contribution in [-0.2, 0) is 19.1 Å². The molecule has 1 saturated heterocycles. The fourth-order valence-corrected chi connectivity index (χ4v) is 1.53. The summed E-state index contributed by atoms with van der Waals surface area (Å²) in [6, 6.07) is 1.65. The second kappa shape index (κ2) is 7.68. The Morgan fingerprint density at radius 2 is 2.37 bits per heavy atom. The molecular formula is C11H18N4O4. The van der Waals surface area contributed by atoms with E-state index in [9.17, 15) is 4.79 Å². The molecule has 1 unspecified atom stereocenters. The van der Waals surface area contributed by atoms with E-state index in [-0.39, 0.29) is 6.61 Å². The molecule has 0 spiro atoms. The van der Waals surface area contributed by atoms with Gasteiger partial charge in [-0.3, -0.25) is 0 Å². The Hall–Kier alpha value is -1.69. The third kappa shape index (κ3) is 4.48. The molecular weight excluding hydrogens is 252 g/mol. The maximum Gasteiger partial charge on any atom is 0.371 e. The Balaban J connectivity index is 2.65. The van der Waals surface area contributed by atoms with Crippen LogP contribution in [0.1, 0.15) is 6.92 Å². The topological polar surface area (TPSA) is 87.4 Å². The molecule has 1 atom stereocenters. The molecule has 8 heteroatoms. The average Bonchev–Trinajstić information content (AvgIpc) is 2.40. The zero-order chi connectivity index (χ0) is 14.3. The van der Waals surface area contributed by atoms with Gasteiger partial charge in [0.05, 0.1) is 13.2 Å². The Kier molecular flexibility index (Phi) is 6.21. The molecule has 0 N–H and O–H groups in total. The van der Waals surface area contributed by atoms with Gasteiger partial charge in [-0.05, 0) is 6.92 Å². The molecule has 1 rings (SSSR count). The summed E-state index contributed by atoms with van der Waals surface area (Å²) in [5.74, 6) is -0.793. The molecule has 1 heterocycles. The summed E-state index contributed by atoms with van der Waals surface area (Å²) < 4.78 is 9.96. The van der Waals surface area contributed by atoms with Gasteiger partial charge in [0.25, 0.3) is 5.71 Å². The van der Waals surface area contributed by atoms with Crippen LogP contribution in [0.4, 0.5) is 0 Å². The fraction of sp³-hybridized carbons (Fsp3) is 0.727. The van der Waals surface area contributed by atoms with Crippen LogP contribution in [0.15, 0.2) is 5.16 Å². The molecule has 19 heavy (non-hydrogen) atoms. The predicted octanol–water partition coefficient (Wildman–Crippen LogP) is -0.419. The van der Waals surface area contributed by atoms with Crippen LogP contribution in [0.5, 0.6) is 0 Å². The van der Waals surface area contributed by atoms with E-state index in [1.165, 1.54) is 0 Å². The highest BCUT2D eigenvalue weighted by Crippen LogP contribution is 2.09. The van der Waals surface area contributed by atoms with E-state index >= 15 is 0 Å². The van der Waals surface area contributed by atoms with Gasteiger partial charge in [-0.15, -0.1) is 0 Å². The number of nitriles is 1. The predicted molar refractivity (Wildman–Crippen MR) is 65.8 cm³/mol. The number of rotatable bonds is 5. The molecule has 0 amide bonds. The van der Waals surface area contributed by atoms with E-state index in [2.05, 4.69) is 9.89 Å². The molecule has 0 radical (unpaired) electrons. The number of oxime groups is 1. The Labute approximate surface area is 112 Å². The minimum atomic E-state index is -0.793. The number of carbonyl (C=O) groups excluding carboxylic acids is 1. The van der Waals surface area contributed by atoms with Crippen molar-refractivity contribution in [3.8, 4) is 6.07 Å². The molecule has 0 aliphatic carbocycles. The Bertz CT molecular complexity index is 377. The summed E-state index contributed by atoms with van der Waals surface area (Å²) in [6.07, 6.45) is -0.471. The lowest BCUT2D eigenvalue weighted by Crippen LogP contribution is -2.52. The summed E-state index contributed by atoms with van der Waals surface area (Å²) >= 11 is 0. The zero-order valence-electron chi connectivity index (χ0n) is 11.3. The maximum absolute atomic E-state index is 11.4. The van der Waals surface area contributed by atoms with E-state index in [1.54, 1.807) is 13.0 Å². The monoisotopic (exact) mass is 270 g/mol. The lowest BCUT2D eigenvalue weighted by Gasteiger charge is -2.37. The molecule has 8 nitrogen and oxygen atoms in total. The van der Waals surface area contributed by atoms with E-state index < -0.39 is 17.9 Å². The van der Waals surface area contributed by atoms with Crippen molar-refractivity contribution in [3.05, 3.63) is 0 Å². The Morgan fingerprint density at radius 1 is 1.63 bits per heavy atom. The standard InChI is InChI=1S/C11H18N4O4/c1-4-18-11(16)9(7-12)13-19-10-8-17-6-5-15(10)14(2)3/h10H,4-6,8H2,1-3H3. The molecule has 106 valence electrons. The average molecular weight is 270 g/mol. The fourth-order valence-electron chi connectivity index (χ4n) is 1.53. The van der Waals surface area contributed by atoms with Crippen molar-refractivity contribution in [2.45, 2.75) is 13.2 Å². The normalized spacial score (nSPS) is 21.0. The van der Waals surface area contributed by atoms with Gasteiger partial charge in [-0.1, -0.05) is 5.16 Å². The highest BCUT2D eigenvalue weighted by Gasteiger charge is 2.27. The first kappa shape index (κ1) is 15.4. The third-order valence-electron chi connectivity index (χ3n) is 2.41. The largest absolute Gasteiger partial charge is 0.461 e. The quantitative estimate of drug-likeness (QED) is 0.381. The van der Waals surface area contributed by atoms with E-state index in [0.717, 1.165) is 0 Å². The molecule has 1 aliphatic rings. The van der Waals surface area contributed by atoms with Crippen LogP contribution in [0, 0.1) is 11.3 Å². The van der Waals surface area contributed by atoms with Crippen LogP contribution < -0.4 is 0 Å². The third-order valence-corrected chi connectivity index (χ3v) is 2.41. The molecule has 0 bridgehead atoms. The van der Waals surface area contributed by atoms with E-state index in [1.807, 2.05) is 24.1 Å². The van der Waals surface area contributed by atoms with Crippen LogP contribution in [0.3, 0.4) is 0 Å². The summed E-state index contributed by atoms with van der Waals surface area (Å²) in [4.78, 5) is 16.6. The molecule has 0 aromatic heterocycles. The summed E-state index contributed by atoms with van der Waals surface area (Å²) in [6.45, 7) is 3.37. The van der Waals surface area contributed by atoms with Crippen molar-refractivity contribution in [1.82, 2.24) is 10.0 Å². The number of hydrogen-bond donors (Lipinski definition) is 0. The van der Waals surface area contributed by atoms with E-state index in [0.29, 0.717) is 19.8 Å². The maximum atomic E-state index is 11.4. The number of nitrogens with zero attached hydrogens (tertiary/aromatic N) is 4. The number of hydrogen-bond acceptors (Lipinski definition) is 8. The van der Waals surface area contributed by atoms with Crippen molar-refractivity contribution < 1.29 is 19.1 Å². The second-order valence-electron chi connectivity index (χ2n) is 3.92. The summed E-state index contributed by atoms with van der Waals surface area (Å²) in [5, 5.41) is 16.1. The van der Waals surface area contributed by atoms with Gasteiger partial charge < -0.3 is 14.3 Å². The zero-order valence-corrected chi connectivity index (χ0v) is 11.3. The SMILES string of the molecule is CCOC(=O)C(C#N)=NOC1COCCN1N(C)C. The van der Waals surface area contributed by atoms with Crippen LogP contribution in [0.25, 0.3) is 0 Å². The van der Waals surface area contributed by atoms with Crippen LogP contribution >= 0.6 is 0 Å². The molecule has 0 saturated carbocycles. The van der Waals surface area contributed by atoms with Crippen molar-refractivity contribution in [3.63, 3.8) is 0 Å². The van der Waals surface area contributed by atoms with Gasteiger partial charge in [0.2, 0.25) is 6.23 Å². The van der Waals surface area contributed by atoms with E-state index in [4.69, 9.17) is 14.8 Å². The summed E-state index contributed by atoms with van der Waals surface area (Å²) in [5.41, 5.74) is -0.411. The molecule has 1 fully saturated rings. The second-order valence-corrected chi connectivity index (χ2v) is 3.92. The molecule has 1 aliphatic heterocycles. The smallest absolute Gasteiger partial charge is 0.371 e. The highest BCUT2D eigenvalue weighted by atomic mass is 16.7. The van der Waals surface area contributed by atoms with Gasteiger partial charge in [0.1, 0.15) is 12.7 Å². The van der Waals surface area contributed by atoms with Crippen LogP contribution in [-0.4, -0.2) is 68.4 Å².